The van der Waals surface area contributed by atoms with Crippen molar-refractivity contribution in [2.75, 3.05) is 0 Å². The lowest BCUT2D eigenvalue weighted by atomic mass is 9.99. The van der Waals surface area contributed by atoms with Gasteiger partial charge < -0.3 is 0 Å². The first kappa shape index (κ1) is 25.7. The highest BCUT2D eigenvalue weighted by atomic mass is 19.4. The smallest absolute Gasteiger partial charge is 0.226 e. The molecule has 0 aromatic rings. The molecular formula is C10H3F18N. The van der Waals surface area contributed by atoms with Crippen LogP contribution in [0.3, 0.4) is 0 Å². The van der Waals surface area contributed by atoms with Gasteiger partial charge in [0.1, 0.15) is 0 Å². The lowest BCUT2D eigenvalue weighted by molar-refractivity contribution is -0.472. The second-order valence-electron chi connectivity index (χ2n) is 5.76. The van der Waals surface area contributed by atoms with Crippen molar-refractivity contribution in [1.82, 2.24) is 4.90 Å². The molecule has 29 heavy (non-hydrogen) atoms. The first-order valence-electron chi connectivity index (χ1n) is 6.32. The van der Waals surface area contributed by atoms with Gasteiger partial charge in [-0.05, 0) is 6.92 Å². The molecule has 1 fully saturated rings. The molecule has 0 amide bonds. The molecule has 1 unspecified atom stereocenters. The Hall–Kier alpha value is -1.30. The van der Waals surface area contributed by atoms with Crippen LogP contribution in [0, 0.1) is 0 Å². The summed E-state index contributed by atoms with van der Waals surface area (Å²) in [6.45, 7) is -1.59. The molecule has 1 aliphatic rings. The number of nitrogens with zero attached hydrogens (tertiary/aromatic N) is 1. The molecule has 0 saturated carbocycles. The van der Waals surface area contributed by atoms with E-state index in [0.717, 1.165) is 0 Å². The maximum absolute atomic E-state index is 13.7. The summed E-state index contributed by atoms with van der Waals surface area (Å²) < 4.78 is 237. The molecular weight excluding hydrogens is 476 g/mol. The van der Waals surface area contributed by atoms with Gasteiger partial charge in [-0.25, -0.2) is 4.39 Å². The Morgan fingerprint density at radius 3 is 0.931 bits per heavy atom. The third-order valence-electron chi connectivity index (χ3n) is 3.88. The van der Waals surface area contributed by atoms with Crippen LogP contribution in [0.25, 0.3) is 0 Å². The average molecular weight is 479 g/mol. The molecule has 0 N–H and O–H groups in total. The van der Waals surface area contributed by atoms with Gasteiger partial charge in [0, 0.05) is 0 Å². The monoisotopic (exact) mass is 479 g/mol. The number of likely N-dealkylation sites (tertiary alicyclic amines) is 1. The summed E-state index contributed by atoms with van der Waals surface area (Å²) in [4.78, 5) is -4.60. The van der Waals surface area contributed by atoms with E-state index in [4.69, 9.17) is 0 Å². The summed E-state index contributed by atoms with van der Waals surface area (Å²) in [6.07, 6.45) is -7.26. The zero-order chi connectivity index (χ0) is 24.1. The summed E-state index contributed by atoms with van der Waals surface area (Å²) >= 11 is 0. The van der Waals surface area contributed by atoms with Crippen LogP contribution in [0.15, 0.2) is 0 Å². The van der Waals surface area contributed by atoms with Crippen molar-refractivity contribution in [2.45, 2.75) is 60.6 Å². The molecule has 1 heterocycles. The third kappa shape index (κ3) is 2.56. The highest BCUT2D eigenvalue weighted by Crippen LogP contribution is 2.68. The molecule has 0 radical (unpaired) electrons. The molecule has 0 aromatic carbocycles. The van der Waals surface area contributed by atoms with Crippen LogP contribution in [0.5, 0.6) is 0 Å². The summed E-state index contributed by atoms with van der Waals surface area (Å²) in [5, 5.41) is 0. The van der Waals surface area contributed by atoms with Crippen LogP contribution in [-0.4, -0.2) is 58.6 Å². The number of alkyl halides is 18. The van der Waals surface area contributed by atoms with E-state index in [9.17, 15) is 79.0 Å². The second kappa shape index (κ2) is 5.68. The number of halogens is 18. The van der Waals surface area contributed by atoms with E-state index in [2.05, 4.69) is 0 Å². The van der Waals surface area contributed by atoms with Crippen LogP contribution >= 0.6 is 0 Å². The van der Waals surface area contributed by atoms with Crippen LogP contribution in [-0.2, 0) is 0 Å². The molecule has 0 aromatic heterocycles. The van der Waals surface area contributed by atoms with E-state index in [0.29, 0.717) is 0 Å². The predicted molar refractivity (Wildman–Crippen MR) is 52.0 cm³/mol. The Balaban J connectivity index is 4.16. The van der Waals surface area contributed by atoms with Crippen molar-refractivity contribution < 1.29 is 79.0 Å². The maximum Gasteiger partial charge on any atom is 0.429 e. The fourth-order valence-electron chi connectivity index (χ4n) is 1.96. The molecule has 1 saturated heterocycles. The zero-order valence-corrected chi connectivity index (χ0v) is 12.8. The highest BCUT2D eigenvalue weighted by molar-refractivity contribution is 5.18. The van der Waals surface area contributed by atoms with Crippen molar-refractivity contribution in [3.05, 3.63) is 0 Å². The van der Waals surface area contributed by atoms with Gasteiger partial charge in [0.05, 0.1) is 0 Å². The van der Waals surface area contributed by atoms with E-state index in [1.165, 1.54) is 0 Å². The fraction of sp³-hybridized carbons (Fsp3) is 1.00. The quantitative estimate of drug-likeness (QED) is 0.352. The molecule has 174 valence electrons. The Kier molecular flexibility index (Phi) is 5.04. The summed E-state index contributed by atoms with van der Waals surface area (Å²) in [5.74, 6) is -33.1. The van der Waals surface area contributed by atoms with Crippen molar-refractivity contribution >= 4 is 0 Å². The zero-order valence-electron chi connectivity index (χ0n) is 12.8. The average Bonchev–Trinajstić information content (AvgIpc) is 2.43. The number of hydrogen-bond donors (Lipinski definition) is 0. The molecule has 1 atom stereocenters. The van der Waals surface area contributed by atoms with E-state index >= 15 is 0 Å². The Morgan fingerprint density at radius 2 is 0.724 bits per heavy atom. The van der Waals surface area contributed by atoms with Crippen molar-refractivity contribution in [1.29, 1.82) is 0 Å². The Morgan fingerprint density at radius 1 is 0.483 bits per heavy atom. The molecule has 1 aliphatic heterocycles. The minimum Gasteiger partial charge on any atom is -0.226 e. The molecule has 0 aliphatic carbocycles. The molecule has 19 heteroatoms. The van der Waals surface area contributed by atoms with E-state index in [-0.39, 0.29) is 0 Å². The Labute approximate surface area is 146 Å². The van der Waals surface area contributed by atoms with E-state index in [1.807, 2.05) is 0 Å². The third-order valence-corrected chi connectivity index (χ3v) is 3.88. The van der Waals surface area contributed by atoms with Gasteiger partial charge in [-0.1, -0.05) is 0 Å². The van der Waals surface area contributed by atoms with Crippen LogP contribution < -0.4 is 0 Å². The summed E-state index contributed by atoms with van der Waals surface area (Å²) in [6, 6.07) is -24.5. The minimum absolute atomic E-state index is 1.59. The van der Waals surface area contributed by atoms with Gasteiger partial charge in [-0.2, -0.15) is 74.6 Å². The summed E-state index contributed by atoms with van der Waals surface area (Å²) in [5.41, 5.74) is -6.84. The molecule has 1 rings (SSSR count). The Bertz CT molecular complexity index is 618. The predicted octanol–water partition coefficient (Wildman–Crippen LogP) is 5.91. The van der Waals surface area contributed by atoms with Gasteiger partial charge in [0.15, 0.2) is 0 Å². The first-order valence-corrected chi connectivity index (χ1v) is 6.32. The van der Waals surface area contributed by atoms with Crippen molar-refractivity contribution in [3.63, 3.8) is 0 Å². The van der Waals surface area contributed by atoms with E-state index in [1.54, 1.807) is 0 Å². The molecule has 0 spiro atoms. The van der Waals surface area contributed by atoms with Gasteiger partial charge >= 0.3 is 48.0 Å². The van der Waals surface area contributed by atoms with Gasteiger partial charge in [-0.15, -0.1) is 4.90 Å². The topological polar surface area (TPSA) is 3.24 Å². The highest BCUT2D eigenvalue weighted by Gasteiger charge is 2.99. The molecule has 0 bridgehead atoms. The SMILES string of the molecule is CC(F)(C(F)(F)F)C(F)(F)N1C(F)(F)C(F)(F)C(F)(F)C(F)(F)C(F)(F)C1(F)F. The standard InChI is InChI=1S/C10H3F18N/c1-2(11,7(20,21)22)8(23,24)29-9(25,26)5(16,17)3(12,13)4(14,15)6(18,19)10(29,27)28/h1H3. The fourth-order valence-corrected chi connectivity index (χ4v) is 1.96. The second-order valence-corrected chi connectivity index (χ2v) is 5.76. The van der Waals surface area contributed by atoms with Crippen molar-refractivity contribution in [2.24, 2.45) is 0 Å². The lowest BCUT2D eigenvalue weighted by Gasteiger charge is -2.46. The largest absolute Gasteiger partial charge is 0.429 e. The lowest BCUT2D eigenvalue weighted by Crippen LogP contribution is -2.75. The van der Waals surface area contributed by atoms with Crippen LogP contribution in [0.4, 0.5) is 79.0 Å². The van der Waals surface area contributed by atoms with Gasteiger partial charge in [0.25, 0.3) is 5.67 Å². The van der Waals surface area contributed by atoms with E-state index < -0.39 is 65.5 Å². The molecule has 1 nitrogen and oxygen atoms in total. The summed E-state index contributed by atoms with van der Waals surface area (Å²) in [7, 11) is 0. The van der Waals surface area contributed by atoms with Gasteiger partial charge in [0.2, 0.25) is 0 Å². The number of hydrogen-bond acceptors (Lipinski definition) is 1. The van der Waals surface area contributed by atoms with Crippen LogP contribution in [0.2, 0.25) is 0 Å². The van der Waals surface area contributed by atoms with Crippen molar-refractivity contribution in [3.8, 4) is 0 Å². The number of rotatable bonds is 2. The van der Waals surface area contributed by atoms with Crippen LogP contribution in [0.1, 0.15) is 6.92 Å². The normalized spacial score (nSPS) is 30.3. The van der Waals surface area contributed by atoms with Gasteiger partial charge in [-0.3, -0.25) is 0 Å². The minimum atomic E-state index is -8.29. The maximum atomic E-state index is 13.7. The first-order chi connectivity index (χ1) is 12.1.